The van der Waals surface area contributed by atoms with Gasteiger partial charge in [0.1, 0.15) is 0 Å². The van der Waals surface area contributed by atoms with Gasteiger partial charge in [-0.15, -0.1) is 0 Å². The van der Waals surface area contributed by atoms with Gasteiger partial charge in [-0.3, -0.25) is 0 Å². The summed E-state index contributed by atoms with van der Waals surface area (Å²) in [5, 5.41) is 10.4. The first-order valence-electron chi connectivity index (χ1n) is 5.51. The van der Waals surface area contributed by atoms with E-state index in [4.69, 9.17) is 4.74 Å². The van der Waals surface area contributed by atoms with Crippen molar-refractivity contribution in [1.82, 2.24) is 0 Å². The lowest BCUT2D eigenvalue weighted by Crippen LogP contribution is -2.36. The van der Waals surface area contributed by atoms with E-state index in [-0.39, 0.29) is 5.60 Å². The Bertz CT molecular complexity index is 181. The highest BCUT2D eigenvalue weighted by molar-refractivity contribution is 4.98. The van der Waals surface area contributed by atoms with E-state index in [9.17, 15) is 5.11 Å². The Labute approximate surface area is 80.3 Å². The predicted octanol–water partition coefficient (Wildman–Crippen LogP) is 2.11. The molecule has 0 radical (unpaired) electrons. The Morgan fingerprint density at radius 1 is 1.15 bits per heavy atom. The van der Waals surface area contributed by atoms with Crippen LogP contribution < -0.4 is 0 Å². The first-order valence-corrected chi connectivity index (χ1v) is 5.51. The van der Waals surface area contributed by atoms with Crippen LogP contribution in [0, 0.1) is 5.92 Å². The average Bonchev–Trinajstić information content (AvgIpc) is 2.31. The lowest BCUT2D eigenvalue weighted by atomic mass is 9.85. The lowest BCUT2D eigenvalue weighted by Gasteiger charge is -2.30. The molecule has 0 aromatic heterocycles. The molecule has 0 heterocycles. The highest BCUT2D eigenvalue weighted by atomic mass is 16.5. The second-order valence-corrected chi connectivity index (χ2v) is 4.62. The fourth-order valence-corrected chi connectivity index (χ4v) is 3.14. The molecule has 2 nitrogen and oxygen atoms in total. The molecule has 76 valence electrons. The molecule has 2 saturated carbocycles. The van der Waals surface area contributed by atoms with E-state index in [2.05, 4.69) is 0 Å². The van der Waals surface area contributed by atoms with E-state index in [1.165, 1.54) is 19.3 Å². The number of ether oxygens (including phenoxy) is 1. The molecule has 0 spiro atoms. The third-order valence-electron chi connectivity index (χ3n) is 3.93. The Morgan fingerprint density at radius 3 is 2.77 bits per heavy atom. The van der Waals surface area contributed by atoms with Crippen LogP contribution in [0.1, 0.15) is 44.9 Å². The van der Waals surface area contributed by atoms with Crippen LogP contribution >= 0.6 is 0 Å². The smallest absolute Gasteiger partial charge is 0.0701 e. The minimum atomic E-state index is -0.378. The highest BCUT2D eigenvalue weighted by Gasteiger charge is 2.47. The molecule has 0 amide bonds. The van der Waals surface area contributed by atoms with E-state index < -0.39 is 0 Å². The minimum Gasteiger partial charge on any atom is -0.390 e. The van der Waals surface area contributed by atoms with E-state index in [1.807, 2.05) is 0 Å². The zero-order chi connectivity index (χ0) is 9.31. The summed E-state index contributed by atoms with van der Waals surface area (Å²) < 4.78 is 5.44. The maximum Gasteiger partial charge on any atom is 0.0701 e. The normalized spacial score (nSPS) is 45.7. The molecular weight excluding hydrogens is 164 g/mol. The van der Waals surface area contributed by atoms with Crippen LogP contribution in [0.4, 0.5) is 0 Å². The van der Waals surface area contributed by atoms with E-state index in [1.54, 1.807) is 7.11 Å². The number of rotatable bonds is 1. The minimum absolute atomic E-state index is 0.322. The van der Waals surface area contributed by atoms with Crippen LogP contribution in [0.5, 0.6) is 0 Å². The van der Waals surface area contributed by atoms with Gasteiger partial charge >= 0.3 is 0 Å². The van der Waals surface area contributed by atoms with Crippen LogP contribution in [0.3, 0.4) is 0 Å². The van der Waals surface area contributed by atoms with Crippen LogP contribution in [0.2, 0.25) is 0 Å². The average molecular weight is 184 g/mol. The maximum atomic E-state index is 10.4. The summed E-state index contributed by atoms with van der Waals surface area (Å²) in [6.45, 7) is 0. The summed E-state index contributed by atoms with van der Waals surface area (Å²) >= 11 is 0. The summed E-state index contributed by atoms with van der Waals surface area (Å²) in [6, 6.07) is 0. The van der Waals surface area contributed by atoms with Gasteiger partial charge in [0.2, 0.25) is 0 Å². The first kappa shape index (κ1) is 9.47. The van der Waals surface area contributed by atoms with Crippen molar-refractivity contribution in [3.63, 3.8) is 0 Å². The Kier molecular flexibility index (Phi) is 2.61. The molecule has 0 unspecified atom stereocenters. The lowest BCUT2D eigenvalue weighted by molar-refractivity contribution is -0.0414. The molecule has 0 bridgehead atoms. The molecule has 2 rings (SSSR count). The summed E-state index contributed by atoms with van der Waals surface area (Å²) in [7, 11) is 1.78. The van der Waals surface area contributed by atoms with Crippen molar-refractivity contribution in [3.8, 4) is 0 Å². The van der Waals surface area contributed by atoms with Crippen molar-refractivity contribution in [2.24, 2.45) is 5.92 Å². The van der Waals surface area contributed by atoms with Crippen molar-refractivity contribution < 1.29 is 9.84 Å². The SMILES string of the molecule is CO[C@@H]1CC[C@]2(O)CCCCC[C@H]12. The van der Waals surface area contributed by atoms with Crippen molar-refractivity contribution in [2.75, 3.05) is 7.11 Å². The third-order valence-corrected chi connectivity index (χ3v) is 3.93. The number of hydrogen-bond donors (Lipinski definition) is 1. The number of aliphatic hydroxyl groups is 1. The molecule has 0 aliphatic heterocycles. The van der Waals surface area contributed by atoms with Gasteiger partial charge in [0.05, 0.1) is 11.7 Å². The topological polar surface area (TPSA) is 29.5 Å². The van der Waals surface area contributed by atoms with Gasteiger partial charge in [0.25, 0.3) is 0 Å². The number of fused-ring (bicyclic) bond motifs is 1. The number of hydrogen-bond acceptors (Lipinski definition) is 2. The van der Waals surface area contributed by atoms with Crippen molar-refractivity contribution in [2.45, 2.75) is 56.7 Å². The summed E-state index contributed by atoms with van der Waals surface area (Å²) in [6.07, 6.45) is 8.24. The van der Waals surface area contributed by atoms with E-state index >= 15 is 0 Å². The van der Waals surface area contributed by atoms with Crippen LogP contribution in [-0.2, 0) is 4.74 Å². The second-order valence-electron chi connectivity index (χ2n) is 4.62. The quantitative estimate of drug-likeness (QED) is 0.676. The van der Waals surface area contributed by atoms with Crippen molar-refractivity contribution >= 4 is 0 Å². The highest BCUT2D eigenvalue weighted by Crippen LogP contribution is 2.45. The zero-order valence-corrected chi connectivity index (χ0v) is 8.46. The Hall–Kier alpha value is -0.0800. The number of methoxy groups -OCH3 is 1. The third kappa shape index (κ3) is 1.62. The molecule has 2 heteroatoms. The van der Waals surface area contributed by atoms with Gasteiger partial charge in [-0.05, 0) is 25.7 Å². The van der Waals surface area contributed by atoms with E-state index in [0.717, 1.165) is 25.7 Å². The predicted molar refractivity (Wildman–Crippen MR) is 51.6 cm³/mol. The van der Waals surface area contributed by atoms with Gasteiger partial charge in [0.15, 0.2) is 0 Å². The molecule has 2 aliphatic rings. The summed E-state index contributed by atoms with van der Waals surface area (Å²) in [4.78, 5) is 0. The molecule has 1 N–H and O–H groups in total. The molecule has 0 aromatic carbocycles. The van der Waals surface area contributed by atoms with Crippen LogP contribution in [-0.4, -0.2) is 23.9 Å². The van der Waals surface area contributed by atoms with Gasteiger partial charge < -0.3 is 9.84 Å². The van der Waals surface area contributed by atoms with Crippen LogP contribution in [0.15, 0.2) is 0 Å². The molecule has 0 saturated heterocycles. The molecule has 0 aromatic rings. The summed E-state index contributed by atoms with van der Waals surface area (Å²) in [5.41, 5.74) is -0.378. The van der Waals surface area contributed by atoms with E-state index in [0.29, 0.717) is 12.0 Å². The Balaban J connectivity index is 2.11. The summed E-state index contributed by atoms with van der Waals surface area (Å²) in [5.74, 6) is 0.417. The van der Waals surface area contributed by atoms with Gasteiger partial charge in [0, 0.05) is 13.0 Å². The maximum absolute atomic E-state index is 10.4. The molecule has 2 fully saturated rings. The van der Waals surface area contributed by atoms with Gasteiger partial charge in [-0.1, -0.05) is 19.3 Å². The Morgan fingerprint density at radius 2 is 2.00 bits per heavy atom. The van der Waals surface area contributed by atoms with Gasteiger partial charge in [-0.25, -0.2) is 0 Å². The standard InChI is InChI=1S/C11H20O2/c1-13-10-6-8-11(12)7-4-2-3-5-9(10)11/h9-10,12H,2-8H2,1H3/t9-,10-,11-/m1/s1. The fourth-order valence-electron chi connectivity index (χ4n) is 3.14. The zero-order valence-electron chi connectivity index (χ0n) is 8.46. The first-order chi connectivity index (χ1) is 6.26. The van der Waals surface area contributed by atoms with Crippen molar-refractivity contribution in [1.29, 1.82) is 0 Å². The van der Waals surface area contributed by atoms with Gasteiger partial charge in [-0.2, -0.15) is 0 Å². The molecule has 2 aliphatic carbocycles. The van der Waals surface area contributed by atoms with Crippen LogP contribution in [0.25, 0.3) is 0 Å². The molecule has 13 heavy (non-hydrogen) atoms. The molecule has 3 atom stereocenters. The molecular formula is C11H20O2. The second kappa shape index (κ2) is 3.58. The van der Waals surface area contributed by atoms with Crippen molar-refractivity contribution in [3.05, 3.63) is 0 Å². The largest absolute Gasteiger partial charge is 0.390 e. The monoisotopic (exact) mass is 184 g/mol. The fraction of sp³-hybridized carbons (Fsp3) is 1.00.